The summed E-state index contributed by atoms with van der Waals surface area (Å²) >= 11 is 0. The van der Waals surface area contributed by atoms with Crippen molar-refractivity contribution in [2.24, 2.45) is 0 Å². The number of nitrogens with zero attached hydrogens (tertiary/aromatic N) is 1. The third-order valence-electron chi connectivity index (χ3n) is 5.21. The van der Waals surface area contributed by atoms with Gasteiger partial charge in [0.1, 0.15) is 25.8 Å². The molecule has 2 aromatic carbocycles. The highest BCUT2D eigenvalue weighted by Gasteiger charge is 2.56. The normalized spacial score (nSPS) is 28.4. The van der Waals surface area contributed by atoms with Gasteiger partial charge in [0.2, 0.25) is 0 Å². The van der Waals surface area contributed by atoms with Crippen LogP contribution >= 0.6 is 0 Å². The number of alkyl halides is 2. The Hall–Kier alpha value is -1.86. The van der Waals surface area contributed by atoms with E-state index in [-0.39, 0.29) is 6.61 Å². The second kappa shape index (κ2) is 7.04. The Bertz CT molecular complexity index is 691. The van der Waals surface area contributed by atoms with Gasteiger partial charge in [0.15, 0.2) is 0 Å². The molecule has 0 unspecified atom stereocenters. The summed E-state index contributed by atoms with van der Waals surface area (Å²) < 4.78 is 37.6. The lowest BCUT2D eigenvalue weighted by Gasteiger charge is -2.33. The molecule has 4 nitrogen and oxygen atoms in total. The topological polar surface area (TPSA) is 41.9 Å². The molecular weight excluding hydrogens is 340 g/mol. The first-order valence-electron chi connectivity index (χ1n) is 8.63. The number of aliphatic hydroxyl groups is 1. The average molecular weight is 361 g/mol. The minimum Gasteiger partial charge on any atom is -0.394 e. The van der Waals surface area contributed by atoms with Crippen molar-refractivity contribution in [2.45, 2.75) is 31.3 Å². The molecule has 6 heteroatoms. The molecule has 0 amide bonds. The zero-order valence-electron chi connectivity index (χ0n) is 14.3. The predicted octanol–water partition coefficient (Wildman–Crippen LogP) is 3.42. The first-order chi connectivity index (χ1) is 12.7. The summed E-state index contributed by atoms with van der Waals surface area (Å²) in [5.41, 5.74) is 2.36. The zero-order valence-corrected chi connectivity index (χ0v) is 14.3. The van der Waals surface area contributed by atoms with Gasteiger partial charge in [-0.15, -0.1) is 0 Å². The van der Waals surface area contributed by atoms with E-state index in [2.05, 4.69) is 0 Å². The first-order valence-corrected chi connectivity index (χ1v) is 8.63. The molecule has 0 bridgehead atoms. The molecule has 0 aliphatic carbocycles. The number of halogens is 2. The van der Waals surface area contributed by atoms with Crippen molar-refractivity contribution in [3.63, 3.8) is 0 Å². The molecule has 138 valence electrons. The van der Waals surface area contributed by atoms with Crippen LogP contribution in [-0.2, 0) is 22.8 Å². The second-order valence-electron chi connectivity index (χ2n) is 6.87. The first kappa shape index (κ1) is 17.5. The van der Waals surface area contributed by atoms with Gasteiger partial charge >= 0.3 is 0 Å². The van der Waals surface area contributed by atoms with Gasteiger partial charge in [-0.3, -0.25) is 0 Å². The fourth-order valence-electron chi connectivity index (χ4n) is 3.67. The summed E-state index contributed by atoms with van der Waals surface area (Å²) in [4.78, 5) is 2.03. The van der Waals surface area contributed by atoms with Gasteiger partial charge in [0.05, 0.1) is 25.4 Å². The van der Waals surface area contributed by atoms with E-state index in [4.69, 9.17) is 9.47 Å². The maximum absolute atomic E-state index is 12.8. The maximum Gasteiger partial charge on any atom is 0.139 e. The van der Waals surface area contributed by atoms with Gasteiger partial charge in [-0.1, -0.05) is 48.5 Å². The van der Waals surface area contributed by atoms with Crippen molar-refractivity contribution in [3.05, 3.63) is 70.8 Å². The molecule has 2 saturated heterocycles. The van der Waals surface area contributed by atoms with Crippen molar-refractivity contribution in [3.8, 4) is 0 Å². The number of ether oxygens (including phenoxy) is 2. The highest BCUT2D eigenvalue weighted by molar-refractivity contribution is 5.29. The monoisotopic (exact) mass is 361 g/mol. The number of rotatable bonds is 5. The van der Waals surface area contributed by atoms with Crippen LogP contribution in [0.15, 0.2) is 48.5 Å². The lowest BCUT2D eigenvalue weighted by molar-refractivity contribution is -0.0630. The molecule has 2 aromatic rings. The Morgan fingerprint density at radius 1 is 0.846 bits per heavy atom. The number of aliphatic hydroxyl groups excluding tert-OH is 1. The van der Waals surface area contributed by atoms with Crippen molar-refractivity contribution in [2.75, 3.05) is 19.8 Å². The van der Waals surface area contributed by atoms with Gasteiger partial charge in [-0.05, 0) is 22.3 Å². The van der Waals surface area contributed by atoms with Gasteiger partial charge in [-0.25, -0.2) is 13.7 Å². The van der Waals surface area contributed by atoms with Crippen LogP contribution in [0.3, 0.4) is 0 Å². The third-order valence-corrected chi connectivity index (χ3v) is 5.21. The minimum atomic E-state index is -0.618. The van der Waals surface area contributed by atoms with Gasteiger partial charge in [0.25, 0.3) is 0 Å². The molecule has 0 spiro atoms. The summed E-state index contributed by atoms with van der Waals surface area (Å²) in [5.74, 6) is 0. The Morgan fingerprint density at radius 3 is 1.62 bits per heavy atom. The molecule has 0 saturated carbocycles. The van der Waals surface area contributed by atoms with Crippen molar-refractivity contribution >= 4 is 0 Å². The van der Waals surface area contributed by atoms with E-state index in [1.54, 1.807) is 24.3 Å². The van der Waals surface area contributed by atoms with Gasteiger partial charge < -0.3 is 14.6 Å². The molecule has 0 aromatic heterocycles. The number of hydrogen-bond donors (Lipinski definition) is 1. The number of benzene rings is 2. The Morgan fingerprint density at radius 2 is 1.27 bits per heavy atom. The molecular formula is C20H21F2NO3. The van der Waals surface area contributed by atoms with E-state index in [0.717, 1.165) is 11.1 Å². The summed E-state index contributed by atoms with van der Waals surface area (Å²) in [7, 11) is 0. The molecule has 26 heavy (non-hydrogen) atoms. The fourth-order valence-corrected chi connectivity index (χ4v) is 3.67. The molecule has 0 radical (unpaired) electrons. The van der Waals surface area contributed by atoms with Gasteiger partial charge in [0, 0.05) is 0 Å². The SMILES string of the molecule is OC[C@]12CO[C@H](c3ccc(CF)cc3)N1[C@H](c1ccc(CF)cc1)OC2. The Kier molecular flexibility index (Phi) is 4.75. The van der Waals surface area contributed by atoms with Crippen LogP contribution in [0.2, 0.25) is 0 Å². The van der Waals surface area contributed by atoms with E-state index in [1.165, 1.54) is 0 Å². The van der Waals surface area contributed by atoms with E-state index < -0.39 is 31.3 Å². The van der Waals surface area contributed by atoms with Gasteiger partial charge in [-0.2, -0.15) is 0 Å². The van der Waals surface area contributed by atoms with Crippen LogP contribution in [0.25, 0.3) is 0 Å². The minimum absolute atomic E-state index is 0.0921. The summed E-state index contributed by atoms with van der Waals surface area (Å²) in [6.07, 6.45) is -0.798. The zero-order chi connectivity index (χ0) is 18.1. The highest BCUT2D eigenvalue weighted by atomic mass is 19.1. The lowest BCUT2D eigenvalue weighted by Crippen LogP contribution is -2.47. The predicted molar refractivity (Wildman–Crippen MR) is 91.5 cm³/mol. The Labute approximate surface area is 151 Å². The van der Waals surface area contributed by atoms with Crippen molar-refractivity contribution in [1.82, 2.24) is 4.90 Å². The van der Waals surface area contributed by atoms with Crippen molar-refractivity contribution < 1.29 is 23.4 Å². The van der Waals surface area contributed by atoms with Crippen LogP contribution in [0.5, 0.6) is 0 Å². The second-order valence-corrected chi connectivity index (χ2v) is 6.87. The highest BCUT2D eigenvalue weighted by Crippen LogP contribution is 2.48. The Balaban J connectivity index is 1.67. The van der Waals surface area contributed by atoms with Crippen LogP contribution < -0.4 is 0 Å². The molecule has 3 atom stereocenters. The van der Waals surface area contributed by atoms with Crippen LogP contribution in [0.4, 0.5) is 8.78 Å². The summed E-state index contributed by atoms with van der Waals surface area (Å²) in [6, 6.07) is 14.3. The van der Waals surface area contributed by atoms with E-state index in [0.29, 0.717) is 24.3 Å². The average Bonchev–Trinajstić information content (AvgIpc) is 3.26. The maximum atomic E-state index is 12.8. The fraction of sp³-hybridized carbons (Fsp3) is 0.400. The smallest absolute Gasteiger partial charge is 0.139 e. The van der Waals surface area contributed by atoms with Crippen molar-refractivity contribution in [1.29, 1.82) is 0 Å². The molecule has 4 rings (SSSR count). The summed E-state index contributed by atoms with van der Waals surface area (Å²) in [6.45, 7) is -0.424. The number of fused-ring (bicyclic) bond motifs is 1. The summed E-state index contributed by atoms with van der Waals surface area (Å²) in [5, 5.41) is 10.0. The van der Waals surface area contributed by atoms with Crippen LogP contribution in [0.1, 0.15) is 34.7 Å². The molecule has 1 N–H and O–H groups in total. The molecule has 2 fully saturated rings. The third kappa shape index (κ3) is 2.83. The van der Waals surface area contributed by atoms with E-state index >= 15 is 0 Å². The standard InChI is InChI=1S/C20H21F2NO3/c21-9-14-1-5-16(6-2-14)18-23-19(17-7-3-15(10-22)4-8-17)26-13-20(23,11-24)12-25-18/h1-8,18-19,24H,9-13H2/t18-,19+,20-. The molecule has 2 aliphatic rings. The van der Waals surface area contributed by atoms with E-state index in [9.17, 15) is 13.9 Å². The molecule has 2 heterocycles. The molecule has 2 aliphatic heterocycles. The number of hydrogen-bond acceptors (Lipinski definition) is 4. The van der Waals surface area contributed by atoms with Crippen LogP contribution in [0, 0.1) is 0 Å². The lowest BCUT2D eigenvalue weighted by atomic mass is 10.0. The van der Waals surface area contributed by atoms with E-state index in [1.807, 2.05) is 29.2 Å². The van der Waals surface area contributed by atoms with Crippen LogP contribution in [-0.4, -0.2) is 35.4 Å². The quantitative estimate of drug-likeness (QED) is 0.886. The largest absolute Gasteiger partial charge is 0.394 e.